The number of benzene rings is 1. The first-order valence-corrected chi connectivity index (χ1v) is 12.1. The predicted molar refractivity (Wildman–Crippen MR) is 126 cm³/mol. The van der Waals surface area contributed by atoms with Crippen molar-refractivity contribution >= 4 is 45.0 Å². The summed E-state index contributed by atoms with van der Waals surface area (Å²) in [5, 5.41) is 3.57. The zero-order valence-electron chi connectivity index (χ0n) is 18.2. The number of fused-ring (bicyclic) bond motifs is 1. The van der Waals surface area contributed by atoms with Crippen LogP contribution in [0.1, 0.15) is 36.2 Å². The van der Waals surface area contributed by atoms with Crippen molar-refractivity contribution in [3.63, 3.8) is 0 Å². The lowest BCUT2D eigenvalue weighted by Gasteiger charge is -2.21. The lowest BCUT2D eigenvalue weighted by molar-refractivity contribution is -0.140. The van der Waals surface area contributed by atoms with Gasteiger partial charge in [-0.1, -0.05) is 11.6 Å². The van der Waals surface area contributed by atoms with Crippen LogP contribution < -0.4 is 10.1 Å². The minimum atomic E-state index is -1.09. The number of thiophene rings is 1. The number of ether oxygens (including phenoxy) is 1. The molecule has 2 aliphatic heterocycles. The summed E-state index contributed by atoms with van der Waals surface area (Å²) in [4.78, 5) is 31.2. The first-order chi connectivity index (χ1) is 15.8. The number of likely N-dealkylation sites (tertiary alicyclic amines) is 1. The van der Waals surface area contributed by atoms with Gasteiger partial charge in [-0.3, -0.25) is 19.5 Å². The zero-order valence-corrected chi connectivity index (χ0v) is 19.8. The van der Waals surface area contributed by atoms with Gasteiger partial charge in [0.2, 0.25) is 11.8 Å². The number of imide groups is 1. The maximum atomic E-state index is 14.3. The van der Waals surface area contributed by atoms with Crippen LogP contribution in [0.2, 0.25) is 5.02 Å². The Labute approximate surface area is 199 Å². The number of rotatable bonds is 5. The molecule has 33 heavy (non-hydrogen) atoms. The number of hydrogen-bond donors (Lipinski definition) is 1. The van der Waals surface area contributed by atoms with Crippen molar-refractivity contribution in [2.75, 3.05) is 13.1 Å². The van der Waals surface area contributed by atoms with Gasteiger partial charge in [0.25, 0.3) is 0 Å². The number of hydrogen-bond acceptors (Lipinski definition) is 6. The number of nitrogens with one attached hydrogen (secondary N) is 1. The van der Waals surface area contributed by atoms with Gasteiger partial charge in [0.05, 0.1) is 16.3 Å². The third-order valence-corrected chi connectivity index (χ3v) is 7.75. The molecule has 3 aromatic rings. The van der Waals surface area contributed by atoms with E-state index >= 15 is 0 Å². The standard InChI is InChI=1S/C24H23ClFN3O3S/c1-12-7-14(25)8-16(23(12)32-19-11-27-10-17(19)26)15-5-6-28-18-9-20(33-24(15)18)13(2)29-21(30)3-4-22(29)31/h5-9,13,17,19,27H,3-4,10-11H2,1-2H3/t13-,17-,19+/m0/s1. The van der Waals surface area contributed by atoms with Crippen LogP contribution in [-0.4, -0.2) is 47.1 Å². The molecule has 2 saturated heterocycles. The molecule has 0 bridgehead atoms. The third kappa shape index (κ3) is 4.00. The van der Waals surface area contributed by atoms with E-state index in [9.17, 15) is 14.0 Å². The summed E-state index contributed by atoms with van der Waals surface area (Å²) in [6, 6.07) is 7.07. The Bertz CT molecular complexity index is 1250. The third-order valence-electron chi connectivity index (χ3n) is 6.21. The van der Waals surface area contributed by atoms with Crippen molar-refractivity contribution in [1.29, 1.82) is 0 Å². The van der Waals surface area contributed by atoms with E-state index in [1.54, 1.807) is 12.3 Å². The Morgan fingerprint density at radius 1 is 1.21 bits per heavy atom. The van der Waals surface area contributed by atoms with E-state index in [1.165, 1.54) is 16.2 Å². The van der Waals surface area contributed by atoms with E-state index in [4.69, 9.17) is 16.3 Å². The van der Waals surface area contributed by atoms with Crippen molar-refractivity contribution in [3.8, 4) is 16.9 Å². The van der Waals surface area contributed by atoms with Crippen LogP contribution in [0.5, 0.6) is 5.75 Å². The monoisotopic (exact) mass is 487 g/mol. The Morgan fingerprint density at radius 3 is 2.67 bits per heavy atom. The normalized spacial score (nSPS) is 21.9. The molecule has 2 aliphatic rings. The molecule has 9 heteroatoms. The highest BCUT2D eigenvalue weighted by Crippen LogP contribution is 2.43. The molecule has 0 aliphatic carbocycles. The van der Waals surface area contributed by atoms with Crippen molar-refractivity contribution in [2.24, 2.45) is 0 Å². The van der Waals surface area contributed by atoms with Gasteiger partial charge < -0.3 is 10.1 Å². The summed E-state index contributed by atoms with van der Waals surface area (Å²) in [6.45, 7) is 4.46. The number of nitrogens with zero attached hydrogens (tertiary/aromatic N) is 2. The molecule has 172 valence electrons. The maximum absolute atomic E-state index is 14.3. The van der Waals surface area contributed by atoms with Crippen LogP contribution in [0.15, 0.2) is 30.5 Å². The van der Waals surface area contributed by atoms with Crippen molar-refractivity contribution in [2.45, 2.75) is 45.0 Å². The topological polar surface area (TPSA) is 71.5 Å². The first-order valence-electron chi connectivity index (χ1n) is 10.9. The van der Waals surface area contributed by atoms with Crippen LogP contribution >= 0.6 is 22.9 Å². The quantitative estimate of drug-likeness (QED) is 0.522. The molecule has 6 nitrogen and oxygen atoms in total. The molecule has 2 amide bonds. The van der Waals surface area contributed by atoms with Gasteiger partial charge in [0.1, 0.15) is 11.9 Å². The van der Waals surface area contributed by atoms with E-state index in [0.717, 1.165) is 31.8 Å². The minimum Gasteiger partial charge on any atom is -0.485 e. The van der Waals surface area contributed by atoms with Crippen LogP contribution in [0.3, 0.4) is 0 Å². The maximum Gasteiger partial charge on any atom is 0.230 e. The van der Waals surface area contributed by atoms with E-state index < -0.39 is 12.3 Å². The molecule has 5 rings (SSSR count). The van der Waals surface area contributed by atoms with Crippen LogP contribution in [0, 0.1) is 6.92 Å². The summed E-state index contributed by atoms with van der Waals surface area (Å²) < 4.78 is 21.4. The van der Waals surface area contributed by atoms with Gasteiger partial charge in [0.15, 0.2) is 6.17 Å². The summed E-state index contributed by atoms with van der Waals surface area (Å²) >= 11 is 7.89. The summed E-state index contributed by atoms with van der Waals surface area (Å²) in [5.41, 5.74) is 3.21. The first kappa shape index (κ1) is 22.3. The van der Waals surface area contributed by atoms with Crippen molar-refractivity contribution < 1.29 is 18.7 Å². The van der Waals surface area contributed by atoms with Gasteiger partial charge in [-0.15, -0.1) is 11.3 Å². The Kier molecular flexibility index (Phi) is 5.84. The highest BCUT2D eigenvalue weighted by molar-refractivity contribution is 7.19. The molecule has 1 aromatic carbocycles. The Morgan fingerprint density at radius 2 is 1.97 bits per heavy atom. The van der Waals surface area contributed by atoms with Gasteiger partial charge in [-0.25, -0.2) is 4.39 Å². The lowest BCUT2D eigenvalue weighted by atomic mass is 10.0. The summed E-state index contributed by atoms with van der Waals surface area (Å²) in [7, 11) is 0. The van der Waals surface area contributed by atoms with Crippen molar-refractivity contribution in [3.05, 3.63) is 45.9 Å². The van der Waals surface area contributed by atoms with E-state index in [0.29, 0.717) is 17.3 Å². The SMILES string of the molecule is Cc1cc(Cl)cc(-c2ccnc3cc([C@H](C)N4C(=O)CCC4=O)sc23)c1O[C@@H]1CNC[C@@H]1F. The van der Waals surface area contributed by atoms with E-state index in [2.05, 4.69) is 10.3 Å². The fourth-order valence-corrected chi connectivity index (χ4v) is 5.96. The second-order valence-corrected chi connectivity index (χ2v) is 10.0. The van der Waals surface area contributed by atoms with Crippen LogP contribution in [-0.2, 0) is 9.59 Å². The molecular formula is C24H23ClFN3O3S. The van der Waals surface area contributed by atoms with E-state index in [1.807, 2.05) is 32.0 Å². The number of pyridine rings is 1. The number of alkyl halides is 1. The summed E-state index contributed by atoms with van der Waals surface area (Å²) in [6.07, 6.45) is 0.555. The number of carbonyl (C=O) groups is 2. The highest BCUT2D eigenvalue weighted by atomic mass is 35.5. The zero-order chi connectivity index (χ0) is 23.3. The predicted octanol–water partition coefficient (Wildman–Crippen LogP) is 4.82. The number of aromatic nitrogens is 1. The second-order valence-electron chi connectivity index (χ2n) is 8.49. The van der Waals surface area contributed by atoms with Gasteiger partial charge in [-0.2, -0.15) is 0 Å². The molecular weight excluding hydrogens is 465 g/mol. The average Bonchev–Trinajstić information content (AvgIpc) is 3.48. The Hall–Kier alpha value is -2.55. The fraction of sp³-hybridized carbons (Fsp3) is 0.375. The molecule has 0 spiro atoms. The number of amides is 2. The molecule has 2 aromatic heterocycles. The average molecular weight is 488 g/mol. The minimum absolute atomic E-state index is 0.148. The fourth-order valence-electron chi connectivity index (χ4n) is 4.50. The second kappa shape index (κ2) is 8.66. The van der Waals surface area contributed by atoms with Gasteiger partial charge in [-0.05, 0) is 43.7 Å². The van der Waals surface area contributed by atoms with Crippen LogP contribution in [0.25, 0.3) is 21.3 Å². The number of aryl methyl sites for hydroxylation is 1. The van der Waals surface area contributed by atoms with Crippen molar-refractivity contribution in [1.82, 2.24) is 15.2 Å². The number of carbonyl (C=O) groups excluding carboxylic acids is 2. The number of halogens is 2. The lowest BCUT2D eigenvalue weighted by Crippen LogP contribution is -2.31. The molecule has 0 saturated carbocycles. The molecule has 3 atom stereocenters. The van der Waals surface area contributed by atoms with Gasteiger partial charge >= 0.3 is 0 Å². The smallest absolute Gasteiger partial charge is 0.230 e. The molecule has 2 fully saturated rings. The van der Waals surface area contributed by atoms with Gasteiger partial charge in [0, 0.05) is 53.2 Å². The van der Waals surface area contributed by atoms with Crippen LogP contribution in [0.4, 0.5) is 4.39 Å². The molecule has 4 heterocycles. The highest BCUT2D eigenvalue weighted by Gasteiger charge is 2.35. The Balaban J connectivity index is 1.59. The molecule has 1 N–H and O–H groups in total. The summed E-state index contributed by atoms with van der Waals surface area (Å²) in [5.74, 6) is 0.298. The largest absolute Gasteiger partial charge is 0.485 e. The van der Waals surface area contributed by atoms with E-state index in [-0.39, 0.29) is 37.2 Å². The molecule has 0 radical (unpaired) electrons. The molecule has 0 unspecified atom stereocenters.